The largest absolute Gasteiger partial charge is 0.207 e. The Kier molecular flexibility index (Phi) is 4.17. The Hall–Kier alpha value is -0.740. The first-order valence-electron chi connectivity index (χ1n) is 5.34. The molecule has 94 valence electrons. The first-order valence-corrected chi connectivity index (χ1v) is 7.05. The lowest BCUT2D eigenvalue weighted by Gasteiger charge is -2.12. The summed E-state index contributed by atoms with van der Waals surface area (Å²) < 4.78 is 26.8. The van der Waals surface area contributed by atoms with Gasteiger partial charge in [0.25, 0.3) is 0 Å². The third-order valence-corrected chi connectivity index (χ3v) is 4.38. The summed E-state index contributed by atoms with van der Waals surface area (Å²) in [7, 11) is 0. The highest BCUT2D eigenvalue weighted by molar-refractivity contribution is 9.10. The van der Waals surface area contributed by atoms with Crippen molar-refractivity contribution in [2.75, 3.05) is 0 Å². The number of benzene rings is 2. The van der Waals surface area contributed by atoms with E-state index in [1.165, 1.54) is 12.1 Å². The minimum Gasteiger partial charge on any atom is -0.207 e. The van der Waals surface area contributed by atoms with Crippen LogP contribution in [0.25, 0.3) is 0 Å². The van der Waals surface area contributed by atoms with Crippen LogP contribution in [0, 0.1) is 18.6 Å². The third kappa shape index (κ3) is 2.81. The molecule has 0 nitrogen and oxygen atoms in total. The van der Waals surface area contributed by atoms with Crippen molar-refractivity contribution in [3.8, 4) is 0 Å². The van der Waals surface area contributed by atoms with Crippen LogP contribution < -0.4 is 0 Å². The maximum absolute atomic E-state index is 13.2. The van der Waals surface area contributed by atoms with Crippen molar-refractivity contribution < 1.29 is 8.78 Å². The summed E-state index contributed by atoms with van der Waals surface area (Å²) in [5.74, 6) is -0.521. The number of hydrogen-bond donors (Lipinski definition) is 0. The van der Waals surface area contributed by atoms with E-state index in [1.807, 2.05) is 0 Å². The lowest BCUT2D eigenvalue weighted by molar-refractivity contribution is 0.617. The third-order valence-electron chi connectivity index (χ3n) is 2.71. The Morgan fingerprint density at radius 2 is 1.50 bits per heavy atom. The molecule has 0 bridgehead atoms. The Balaban J connectivity index is 2.37. The Labute approximate surface area is 121 Å². The summed E-state index contributed by atoms with van der Waals surface area (Å²) in [4.78, 5) is -0.0892. The van der Waals surface area contributed by atoms with Gasteiger partial charge in [0.2, 0.25) is 0 Å². The van der Waals surface area contributed by atoms with E-state index in [0.29, 0.717) is 10.0 Å². The van der Waals surface area contributed by atoms with Crippen molar-refractivity contribution in [3.05, 3.63) is 69.2 Å². The Morgan fingerprint density at radius 1 is 0.944 bits per heavy atom. The molecule has 0 heterocycles. The van der Waals surface area contributed by atoms with Gasteiger partial charge in [-0.25, -0.2) is 8.78 Å². The van der Waals surface area contributed by atoms with Gasteiger partial charge in [0, 0.05) is 0 Å². The fourth-order valence-corrected chi connectivity index (χ4v) is 2.65. The fraction of sp³-hybridized carbons (Fsp3) is 0.143. The van der Waals surface area contributed by atoms with Crippen LogP contribution in [0.2, 0.25) is 0 Å². The van der Waals surface area contributed by atoms with E-state index < -0.39 is 0 Å². The average Bonchev–Trinajstić information content (AvgIpc) is 2.35. The lowest BCUT2D eigenvalue weighted by Crippen LogP contribution is -1.95. The molecule has 4 heteroatoms. The van der Waals surface area contributed by atoms with Gasteiger partial charge in [0.1, 0.15) is 11.6 Å². The maximum Gasteiger partial charge on any atom is 0.137 e. The molecule has 1 atom stereocenters. The monoisotopic (exact) mass is 374 g/mol. The van der Waals surface area contributed by atoms with Gasteiger partial charge in [-0.3, -0.25) is 0 Å². The van der Waals surface area contributed by atoms with Crippen LogP contribution in [0.15, 0.2) is 40.9 Å². The van der Waals surface area contributed by atoms with E-state index in [2.05, 4.69) is 31.9 Å². The van der Waals surface area contributed by atoms with E-state index >= 15 is 0 Å². The quantitative estimate of drug-likeness (QED) is 0.606. The van der Waals surface area contributed by atoms with Crippen molar-refractivity contribution in [3.63, 3.8) is 0 Å². The maximum atomic E-state index is 13.2. The lowest BCUT2D eigenvalue weighted by atomic mass is 10.0. The van der Waals surface area contributed by atoms with E-state index in [1.54, 1.807) is 31.2 Å². The molecule has 0 amide bonds. The summed E-state index contributed by atoms with van der Waals surface area (Å²) in [6.07, 6.45) is 0. The average molecular weight is 376 g/mol. The molecule has 0 saturated heterocycles. The number of hydrogen-bond acceptors (Lipinski definition) is 0. The summed E-state index contributed by atoms with van der Waals surface area (Å²) in [5.41, 5.74) is 2.44. The highest BCUT2D eigenvalue weighted by Gasteiger charge is 2.13. The summed E-state index contributed by atoms with van der Waals surface area (Å²) >= 11 is 6.70. The van der Waals surface area contributed by atoms with Gasteiger partial charge in [-0.15, -0.1) is 0 Å². The topological polar surface area (TPSA) is 0 Å². The predicted molar refractivity (Wildman–Crippen MR) is 76.0 cm³/mol. The van der Waals surface area contributed by atoms with Crippen LogP contribution in [0.3, 0.4) is 0 Å². The van der Waals surface area contributed by atoms with Crippen molar-refractivity contribution in [1.82, 2.24) is 0 Å². The fourth-order valence-electron chi connectivity index (χ4n) is 1.69. The van der Waals surface area contributed by atoms with Gasteiger partial charge in [-0.2, -0.15) is 0 Å². The first-order chi connectivity index (χ1) is 8.49. The van der Waals surface area contributed by atoms with E-state index in [0.717, 1.165) is 11.1 Å². The Bertz CT molecular complexity index is 531. The van der Waals surface area contributed by atoms with Gasteiger partial charge in [0.05, 0.1) is 9.30 Å². The zero-order valence-electron chi connectivity index (χ0n) is 9.55. The second-order valence-electron chi connectivity index (χ2n) is 4.04. The minimum absolute atomic E-state index is 0.0892. The normalized spacial score (nSPS) is 12.5. The standard InChI is InChI=1S/C14H10Br2F2/c1-8-6-9(2-4-12(8)17)14(16)10-3-5-13(18)11(15)7-10/h2-7,14H,1H3. The number of alkyl halides is 1. The predicted octanol–water partition coefficient (Wildman–Crippen LogP) is 5.52. The van der Waals surface area contributed by atoms with Crippen LogP contribution in [-0.4, -0.2) is 0 Å². The molecule has 18 heavy (non-hydrogen) atoms. The smallest absolute Gasteiger partial charge is 0.137 e. The zero-order chi connectivity index (χ0) is 13.3. The first kappa shape index (κ1) is 13.7. The van der Waals surface area contributed by atoms with Crippen molar-refractivity contribution in [2.24, 2.45) is 0 Å². The van der Waals surface area contributed by atoms with E-state index in [-0.39, 0.29) is 16.5 Å². The van der Waals surface area contributed by atoms with Crippen LogP contribution in [0.5, 0.6) is 0 Å². The molecule has 2 rings (SSSR count). The molecular weight excluding hydrogens is 366 g/mol. The molecule has 0 aliphatic rings. The summed E-state index contributed by atoms with van der Waals surface area (Å²) in [5, 5.41) is 0. The zero-order valence-corrected chi connectivity index (χ0v) is 12.7. The second kappa shape index (κ2) is 5.49. The van der Waals surface area contributed by atoms with Gasteiger partial charge < -0.3 is 0 Å². The Morgan fingerprint density at radius 3 is 2.06 bits per heavy atom. The van der Waals surface area contributed by atoms with Crippen LogP contribution >= 0.6 is 31.9 Å². The minimum atomic E-state index is -0.297. The molecular formula is C14H10Br2F2. The molecule has 0 aliphatic carbocycles. The van der Waals surface area contributed by atoms with Gasteiger partial charge in [0.15, 0.2) is 0 Å². The molecule has 0 saturated carbocycles. The van der Waals surface area contributed by atoms with Crippen molar-refractivity contribution in [2.45, 2.75) is 11.8 Å². The van der Waals surface area contributed by atoms with Gasteiger partial charge >= 0.3 is 0 Å². The molecule has 0 aliphatic heterocycles. The summed E-state index contributed by atoms with van der Waals surface area (Å²) in [6.45, 7) is 1.72. The highest BCUT2D eigenvalue weighted by Crippen LogP contribution is 2.33. The number of rotatable bonds is 2. The number of aryl methyl sites for hydroxylation is 1. The SMILES string of the molecule is Cc1cc(C(Br)c2ccc(F)c(Br)c2)ccc1F. The van der Waals surface area contributed by atoms with Crippen LogP contribution in [0.4, 0.5) is 8.78 Å². The second-order valence-corrected chi connectivity index (χ2v) is 5.81. The molecule has 0 radical (unpaired) electrons. The molecule has 0 N–H and O–H groups in total. The van der Waals surface area contributed by atoms with Gasteiger partial charge in [-0.1, -0.05) is 34.1 Å². The molecule has 0 spiro atoms. The molecule has 2 aromatic rings. The van der Waals surface area contributed by atoms with Crippen LogP contribution in [-0.2, 0) is 0 Å². The summed E-state index contributed by atoms with van der Waals surface area (Å²) in [6, 6.07) is 9.78. The molecule has 0 aromatic heterocycles. The van der Waals surface area contributed by atoms with Crippen LogP contribution in [0.1, 0.15) is 21.5 Å². The van der Waals surface area contributed by atoms with E-state index in [4.69, 9.17) is 0 Å². The van der Waals surface area contributed by atoms with E-state index in [9.17, 15) is 8.78 Å². The van der Waals surface area contributed by atoms with Gasteiger partial charge in [-0.05, 0) is 57.7 Å². The number of halogens is 4. The molecule has 0 fully saturated rings. The molecule has 1 unspecified atom stereocenters. The highest BCUT2D eigenvalue weighted by atomic mass is 79.9. The molecule has 2 aromatic carbocycles. The van der Waals surface area contributed by atoms with Crippen molar-refractivity contribution >= 4 is 31.9 Å². The van der Waals surface area contributed by atoms with Crippen molar-refractivity contribution in [1.29, 1.82) is 0 Å².